The van der Waals surface area contributed by atoms with Gasteiger partial charge in [-0.15, -0.1) is 0 Å². The van der Waals surface area contributed by atoms with Crippen molar-refractivity contribution in [3.8, 4) is 0 Å². The van der Waals surface area contributed by atoms with Crippen LogP contribution in [0.4, 0.5) is 21.6 Å². The number of halogens is 2. The van der Waals surface area contributed by atoms with Gasteiger partial charge in [0.2, 0.25) is 0 Å². The number of benzene rings is 1. The minimum absolute atomic E-state index is 0.376. The minimum atomic E-state index is -0.385. The summed E-state index contributed by atoms with van der Waals surface area (Å²) in [4.78, 5) is 4.14. The molecule has 2 N–H and O–H groups in total. The number of anilines is 3. The lowest BCUT2D eigenvalue weighted by Crippen LogP contribution is -2.00. The molecule has 2 rings (SSSR count). The zero-order valence-corrected chi connectivity index (χ0v) is 10.6. The fourth-order valence-corrected chi connectivity index (χ4v) is 1.69. The Morgan fingerprint density at radius 3 is 2.83 bits per heavy atom. The van der Waals surface area contributed by atoms with Crippen molar-refractivity contribution in [3.63, 3.8) is 0 Å². The van der Waals surface area contributed by atoms with Crippen molar-refractivity contribution in [1.82, 2.24) is 4.98 Å². The van der Waals surface area contributed by atoms with Crippen molar-refractivity contribution in [2.24, 2.45) is 0 Å². The highest BCUT2D eigenvalue weighted by atomic mass is 35.5. The third kappa shape index (κ3) is 3.11. The Labute approximate surface area is 110 Å². The molecule has 0 spiro atoms. The highest BCUT2D eigenvalue weighted by Gasteiger charge is 2.03. The van der Waals surface area contributed by atoms with Gasteiger partial charge in [0.1, 0.15) is 11.6 Å². The van der Waals surface area contributed by atoms with E-state index in [1.807, 2.05) is 13.0 Å². The Bertz CT molecular complexity index is 546. The maximum atomic E-state index is 13.6. The zero-order valence-electron chi connectivity index (χ0n) is 9.87. The van der Waals surface area contributed by atoms with Crippen molar-refractivity contribution in [2.75, 3.05) is 17.2 Å². The molecule has 2 aromatic rings. The molecule has 0 radical (unpaired) electrons. The van der Waals surface area contributed by atoms with Gasteiger partial charge in [-0.3, -0.25) is 0 Å². The number of nitrogens with one attached hydrogen (secondary N) is 2. The third-order valence-electron chi connectivity index (χ3n) is 2.33. The highest BCUT2D eigenvalue weighted by Crippen LogP contribution is 2.23. The Hall–Kier alpha value is -1.81. The Morgan fingerprint density at radius 1 is 1.28 bits per heavy atom. The van der Waals surface area contributed by atoms with Crippen LogP contribution in [0.1, 0.15) is 6.92 Å². The van der Waals surface area contributed by atoms with Crippen LogP contribution in [0.15, 0.2) is 36.5 Å². The van der Waals surface area contributed by atoms with Gasteiger partial charge in [-0.05, 0) is 31.2 Å². The summed E-state index contributed by atoms with van der Waals surface area (Å²) in [6.07, 6.45) is 1.66. The van der Waals surface area contributed by atoms with E-state index in [0.717, 1.165) is 18.1 Å². The quantitative estimate of drug-likeness (QED) is 0.876. The summed E-state index contributed by atoms with van der Waals surface area (Å²) in [6, 6.07) is 8.10. The van der Waals surface area contributed by atoms with Crippen molar-refractivity contribution < 1.29 is 4.39 Å². The van der Waals surface area contributed by atoms with E-state index in [2.05, 4.69) is 15.6 Å². The Morgan fingerprint density at radius 2 is 2.11 bits per heavy atom. The average Bonchev–Trinajstić information content (AvgIpc) is 2.34. The SMILES string of the molecule is CCNc1cc(Nc2ccc(Cl)cc2F)ccn1. The van der Waals surface area contributed by atoms with E-state index in [0.29, 0.717) is 10.7 Å². The van der Waals surface area contributed by atoms with Crippen molar-refractivity contribution in [2.45, 2.75) is 6.92 Å². The summed E-state index contributed by atoms with van der Waals surface area (Å²) in [5, 5.41) is 6.45. The molecule has 1 aromatic heterocycles. The lowest BCUT2D eigenvalue weighted by atomic mass is 10.3. The molecule has 0 aliphatic heterocycles. The van der Waals surface area contributed by atoms with Crippen LogP contribution in [0.25, 0.3) is 0 Å². The molecule has 0 aliphatic carbocycles. The van der Waals surface area contributed by atoms with E-state index < -0.39 is 0 Å². The van der Waals surface area contributed by atoms with Crippen LogP contribution in [0.3, 0.4) is 0 Å². The molecule has 0 atom stereocenters. The molecule has 0 fully saturated rings. The van der Waals surface area contributed by atoms with E-state index in [4.69, 9.17) is 11.6 Å². The maximum Gasteiger partial charge on any atom is 0.148 e. The summed E-state index contributed by atoms with van der Waals surface area (Å²) >= 11 is 5.70. The van der Waals surface area contributed by atoms with Crippen LogP contribution in [0.2, 0.25) is 5.02 Å². The molecule has 0 aliphatic rings. The Kier molecular flexibility index (Phi) is 3.99. The smallest absolute Gasteiger partial charge is 0.148 e. The molecule has 0 saturated carbocycles. The fraction of sp³-hybridized carbons (Fsp3) is 0.154. The van der Waals surface area contributed by atoms with Gasteiger partial charge >= 0.3 is 0 Å². The lowest BCUT2D eigenvalue weighted by Gasteiger charge is -2.09. The number of hydrogen-bond donors (Lipinski definition) is 2. The van der Waals surface area contributed by atoms with Crippen molar-refractivity contribution in [1.29, 1.82) is 0 Å². The summed E-state index contributed by atoms with van der Waals surface area (Å²) in [6.45, 7) is 2.77. The van der Waals surface area contributed by atoms with Gasteiger partial charge < -0.3 is 10.6 Å². The van der Waals surface area contributed by atoms with Gasteiger partial charge in [0.05, 0.1) is 5.69 Å². The van der Waals surface area contributed by atoms with Gasteiger partial charge in [-0.1, -0.05) is 11.6 Å². The van der Waals surface area contributed by atoms with Gasteiger partial charge in [-0.2, -0.15) is 0 Å². The van der Waals surface area contributed by atoms with Crippen molar-refractivity contribution >= 4 is 28.8 Å². The lowest BCUT2D eigenvalue weighted by molar-refractivity contribution is 0.632. The summed E-state index contributed by atoms with van der Waals surface area (Å²) < 4.78 is 13.6. The molecular formula is C13H13ClFN3. The van der Waals surface area contributed by atoms with Crippen LogP contribution in [-0.2, 0) is 0 Å². The number of rotatable bonds is 4. The first-order valence-corrected chi connectivity index (χ1v) is 5.99. The van der Waals surface area contributed by atoms with Crippen LogP contribution in [-0.4, -0.2) is 11.5 Å². The molecule has 1 heterocycles. The van der Waals surface area contributed by atoms with Crippen molar-refractivity contribution in [3.05, 3.63) is 47.4 Å². The van der Waals surface area contributed by atoms with E-state index in [9.17, 15) is 4.39 Å². The van der Waals surface area contributed by atoms with E-state index >= 15 is 0 Å². The summed E-state index contributed by atoms with van der Waals surface area (Å²) in [5.41, 5.74) is 1.15. The van der Waals surface area contributed by atoms with Crippen LogP contribution in [0, 0.1) is 5.82 Å². The summed E-state index contributed by atoms with van der Waals surface area (Å²) in [5.74, 6) is 0.362. The van der Waals surface area contributed by atoms with E-state index in [-0.39, 0.29) is 5.82 Å². The standard InChI is InChI=1S/C13H13ClFN3/c1-2-16-13-8-10(5-6-17-13)18-12-4-3-9(14)7-11(12)15/h3-8H,2H2,1H3,(H2,16,17,18). The van der Waals surface area contributed by atoms with E-state index in [1.54, 1.807) is 24.4 Å². The van der Waals surface area contributed by atoms with E-state index in [1.165, 1.54) is 6.07 Å². The minimum Gasteiger partial charge on any atom is -0.370 e. The second-order valence-electron chi connectivity index (χ2n) is 3.71. The second kappa shape index (κ2) is 5.69. The molecule has 5 heteroatoms. The molecule has 18 heavy (non-hydrogen) atoms. The van der Waals surface area contributed by atoms with Gasteiger partial charge in [0.25, 0.3) is 0 Å². The third-order valence-corrected chi connectivity index (χ3v) is 2.56. The second-order valence-corrected chi connectivity index (χ2v) is 4.15. The maximum absolute atomic E-state index is 13.6. The molecular weight excluding hydrogens is 253 g/mol. The van der Waals surface area contributed by atoms with Crippen LogP contribution >= 0.6 is 11.6 Å². The first-order valence-electron chi connectivity index (χ1n) is 5.61. The first-order chi connectivity index (χ1) is 8.69. The Balaban J connectivity index is 2.20. The number of hydrogen-bond acceptors (Lipinski definition) is 3. The zero-order chi connectivity index (χ0) is 13.0. The van der Waals surface area contributed by atoms with Gasteiger partial charge in [0.15, 0.2) is 0 Å². The molecule has 1 aromatic carbocycles. The first kappa shape index (κ1) is 12.6. The monoisotopic (exact) mass is 265 g/mol. The van der Waals surface area contributed by atoms with Gasteiger partial charge in [-0.25, -0.2) is 9.37 Å². The fourth-order valence-electron chi connectivity index (χ4n) is 1.53. The largest absolute Gasteiger partial charge is 0.370 e. The highest BCUT2D eigenvalue weighted by molar-refractivity contribution is 6.30. The number of nitrogens with zero attached hydrogens (tertiary/aromatic N) is 1. The van der Waals surface area contributed by atoms with Gasteiger partial charge in [0, 0.05) is 29.5 Å². The molecule has 0 bridgehead atoms. The predicted octanol–water partition coefficient (Wildman–Crippen LogP) is 4.05. The molecule has 3 nitrogen and oxygen atoms in total. The average molecular weight is 266 g/mol. The molecule has 0 unspecified atom stereocenters. The summed E-state index contributed by atoms with van der Waals surface area (Å²) in [7, 11) is 0. The topological polar surface area (TPSA) is 37.0 Å². The van der Waals surface area contributed by atoms with Crippen LogP contribution < -0.4 is 10.6 Å². The van der Waals surface area contributed by atoms with Crippen LogP contribution in [0.5, 0.6) is 0 Å². The molecule has 0 amide bonds. The molecule has 0 saturated heterocycles. The number of aromatic nitrogens is 1. The normalized spacial score (nSPS) is 10.2. The molecule has 94 valence electrons. The number of pyridine rings is 1. The predicted molar refractivity (Wildman–Crippen MR) is 73.1 cm³/mol.